The Morgan fingerprint density at radius 3 is 2.21 bits per heavy atom. The van der Waals surface area contributed by atoms with Gasteiger partial charge in [-0.2, -0.15) is 0 Å². The van der Waals surface area contributed by atoms with Crippen LogP contribution in [-0.4, -0.2) is 33.2 Å². The number of carbonyl (C=O) groups is 2. The molecule has 0 radical (unpaired) electrons. The van der Waals surface area contributed by atoms with E-state index in [1.54, 1.807) is 18.2 Å². The largest absolute Gasteiger partial charge is 0.481 e. The lowest BCUT2D eigenvalue weighted by Gasteiger charge is -2.16. The van der Waals surface area contributed by atoms with E-state index in [1.807, 2.05) is 0 Å². The Hall–Kier alpha value is -1.65. The van der Waals surface area contributed by atoms with Gasteiger partial charge in [-0.3, -0.25) is 14.2 Å². The highest BCUT2D eigenvalue weighted by atomic mass is 31.2. The summed E-state index contributed by atoms with van der Waals surface area (Å²) in [5.41, 5.74) is 0. The summed E-state index contributed by atoms with van der Waals surface area (Å²) in [6.07, 6.45) is -0.965. The van der Waals surface area contributed by atoms with Crippen LogP contribution in [0.3, 0.4) is 0 Å². The average Bonchev–Trinajstić information content (AvgIpc) is 2.35. The number of carboxylic acid groups (broad SMARTS) is 2. The maximum Gasteiger partial charge on any atom is 0.307 e. The lowest BCUT2D eigenvalue weighted by molar-refractivity contribution is -0.142. The summed E-state index contributed by atoms with van der Waals surface area (Å²) in [5.74, 6) is -3.53. The highest BCUT2D eigenvalue weighted by molar-refractivity contribution is 7.66. The van der Waals surface area contributed by atoms with E-state index >= 15 is 0 Å². The second-order valence-electron chi connectivity index (χ2n) is 4.19. The minimum absolute atomic E-state index is 0.165. The lowest BCUT2D eigenvalue weighted by Crippen LogP contribution is -2.22. The van der Waals surface area contributed by atoms with Crippen LogP contribution >= 0.6 is 7.37 Å². The number of rotatable bonds is 7. The molecule has 0 aromatic heterocycles. The summed E-state index contributed by atoms with van der Waals surface area (Å²) >= 11 is 0. The molecule has 0 aliphatic heterocycles. The first-order valence-electron chi connectivity index (χ1n) is 5.65. The monoisotopic (exact) mass is 286 g/mol. The van der Waals surface area contributed by atoms with Crippen molar-refractivity contribution in [1.82, 2.24) is 0 Å². The second kappa shape index (κ2) is 6.50. The molecule has 0 aliphatic rings. The van der Waals surface area contributed by atoms with Gasteiger partial charge in [-0.05, 0) is 18.6 Å². The van der Waals surface area contributed by atoms with Gasteiger partial charge >= 0.3 is 11.9 Å². The summed E-state index contributed by atoms with van der Waals surface area (Å²) in [6.45, 7) is 0. The van der Waals surface area contributed by atoms with Gasteiger partial charge in [0.15, 0.2) is 0 Å². The first-order valence-corrected chi connectivity index (χ1v) is 7.49. The third kappa shape index (κ3) is 4.85. The molecule has 0 saturated heterocycles. The van der Waals surface area contributed by atoms with Crippen LogP contribution in [0, 0.1) is 5.92 Å². The predicted molar refractivity (Wildman–Crippen MR) is 68.8 cm³/mol. The van der Waals surface area contributed by atoms with E-state index in [-0.39, 0.29) is 18.1 Å². The molecule has 1 aromatic rings. The van der Waals surface area contributed by atoms with Crippen molar-refractivity contribution in [3.8, 4) is 0 Å². The van der Waals surface area contributed by atoms with Crippen molar-refractivity contribution in [3.63, 3.8) is 0 Å². The minimum atomic E-state index is -3.79. The van der Waals surface area contributed by atoms with Crippen LogP contribution in [0.1, 0.15) is 12.8 Å². The van der Waals surface area contributed by atoms with Crippen LogP contribution in [0.2, 0.25) is 0 Å². The lowest BCUT2D eigenvalue weighted by atomic mass is 10.1. The standard InChI is InChI=1S/C12H15O6P/c13-11(14)7-6-9(12(15)16)8-19(17,18)10-4-2-1-3-5-10/h1-5,9H,6-8H2,(H,13,14)(H,15,16)(H,17,18)/t9-/m0/s1. The summed E-state index contributed by atoms with van der Waals surface area (Å²) in [7, 11) is -3.79. The zero-order valence-electron chi connectivity index (χ0n) is 10.1. The van der Waals surface area contributed by atoms with Crippen molar-refractivity contribution < 1.29 is 29.3 Å². The van der Waals surface area contributed by atoms with Crippen molar-refractivity contribution in [1.29, 1.82) is 0 Å². The third-order valence-corrected chi connectivity index (χ3v) is 4.72. The molecule has 0 spiro atoms. The first kappa shape index (κ1) is 15.4. The molecular formula is C12H15O6P. The summed E-state index contributed by atoms with van der Waals surface area (Å²) < 4.78 is 12.1. The van der Waals surface area contributed by atoms with E-state index in [0.717, 1.165) is 0 Å². The number of carboxylic acids is 2. The number of aliphatic carboxylic acids is 2. The van der Waals surface area contributed by atoms with Crippen molar-refractivity contribution in [2.24, 2.45) is 5.92 Å². The fourth-order valence-electron chi connectivity index (χ4n) is 1.66. The zero-order valence-corrected chi connectivity index (χ0v) is 11.0. The van der Waals surface area contributed by atoms with Gasteiger partial charge in [-0.1, -0.05) is 18.2 Å². The molecule has 7 heteroatoms. The third-order valence-electron chi connectivity index (χ3n) is 2.68. The first-order chi connectivity index (χ1) is 8.83. The molecule has 1 rings (SSSR count). The van der Waals surface area contributed by atoms with Gasteiger partial charge in [-0.15, -0.1) is 0 Å². The SMILES string of the molecule is O=C(O)CC[C@@H](CP(=O)(O)c1ccccc1)C(=O)O. The van der Waals surface area contributed by atoms with E-state index in [4.69, 9.17) is 10.2 Å². The Bertz CT molecular complexity index is 498. The van der Waals surface area contributed by atoms with Gasteiger partial charge in [0.1, 0.15) is 0 Å². The van der Waals surface area contributed by atoms with Gasteiger partial charge in [-0.25, -0.2) is 0 Å². The molecule has 19 heavy (non-hydrogen) atoms. The number of hydrogen-bond donors (Lipinski definition) is 3. The molecule has 1 aromatic carbocycles. The van der Waals surface area contributed by atoms with Gasteiger partial charge < -0.3 is 15.1 Å². The molecule has 1 unspecified atom stereocenters. The summed E-state index contributed by atoms with van der Waals surface area (Å²) in [4.78, 5) is 31.3. The van der Waals surface area contributed by atoms with E-state index < -0.39 is 31.4 Å². The Kier molecular flexibility index (Phi) is 5.27. The van der Waals surface area contributed by atoms with Crippen LogP contribution in [0.4, 0.5) is 0 Å². The molecule has 6 nitrogen and oxygen atoms in total. The number of hydrogen-bond acceptors (Lipinski definition) is 3. The van der Waals surface area contributed by atoms with Gasteiger partial charge in [0.25, 0.3) is 0 Å². The molecule has 0 amide bonds. The molecule has 104 valence electrons. The van der Waals surface area contributed by atoms with E-state index in [9.17, 15) is 19.0 Å². The summed E-state index contributed by atoms with van der Waals surface area (Å²) in [6, 6.07) is 7.77. The molecule has 3 N–H and O–H groups in total. The van der Waals surface area contributed by atoms with Crippen molar-refractivity contribution >= 4 is 24.6 Å². The molecule has 0 bridgehead atoms. The van der Waals surface area contributed by atoms with Crippen LogP contribution in [-0.2, 0) is 14.2 Å². The smallest absolute Gasteiger partial charge is 0.307 e. The minimum Gasteiger partial charge on any atom is -0.481 e. The average molecular weight is 286 g/mol. The van der Waals surface area contributed by atoms with Crippen LogP contribution in [0.15, 0.2) is 30.3 Å². The van der Waals surface area contributed by atoms with E-state index in [0.29, 0.717) is 0 Å². The molecule has 0 aliphatic carbocycles. The zero-order chi connectivity index (χ0) is 14.5. The van der Waals surface area contributed by atoms with Crippen LogP contribution in [0.5, 0.6) is 0 Å². The van der Waals surface area contributed by atoms with Gasteiger partial charge in [0.05, 0.1) is 5.92 Å². The topological polar surface area (TPSA) is 112 Å². The van der Waals surface area contributed by atoms with Crippen LogP contribution < -0.4 is 5.30 Å². The van der Waals surface area contributed by atoms with Gasteiger partial charge in [0, 0.05) is 17.9 Å². The molecule has 0 fully saturated rings. The van der Waals surface area contributed by atoms with Crippen molar-refractivity contribution in [2.45, 2.75) is 12.8 Å². The number of benzene rings is 1. The molecule has 0 saturated carbocycles. The van der Waals surface area contributed by atoms with Crippen LogP contribution in [0.25, 0.3) is 0 Å². The highest BCUT2D eigenvalue weighted by Gasteiger charge is 2.30. The van der Waals surface area contributed by atoms with Gasteiger partial charge in [0.2, 0.25) is 7.37 Å². The molecule has 2 atom stereocenters. The fourth-order valence-corrected chi connectivity index (χ4v) is 3.44. The Labute approximate surface area is 110 Å². The summed E-state index contributed by atoms with van der Waals surface area (Å²) in [5, 5.41) is 17.7. The van der Waals surface area contributed by atoms with E-state index in [1.165, 1.54) is 12.1 Å². The maximum atomic E-state index is 12.1. The fraction of sp³-hybridized carbons (Fsp3) is 0.333. The normalized spacial score (nSPS) is 15.4. The Morgan fingerprint density at radius 2 is 1.74 bits per heavy atom. The highest BCUT2D eigenvalue weighted by Crippen LogP contribution is 2.42. The Morgan fingerprint density at radius 1 is 1.16 bits per heavy atom. The quantitative estimate of drug-likeness (QED) is 0.648. The second-order valence-corrected chi connectivity index (χ2v) is 6.47. The molecule has 0 heterocycles. The predicted octanol–water partition coefficient (Wildman–Crippen LogP) is 1.15. The Balaban J connectivity index is 2.81. The molecular weight excluding hydrogens is 271 g/mol. The maximum absolute atomic E-state index is 12.1. The van der Waals surface area contributed by atoms with Crippen molar-refractivity contribution in [2.75, 3.05) is 6.16 Å². The van der Waals surface area contributed by atoms with Crippen molar-refractivity contribution in [3.05, 3.63) is 30.3 Å². The van der Waals surface area contributed by atoms with E-state index in [2.05, 4.69) is 0 Å².